The molecule has 3 heteroatoms. The topological polar surface area (TPSA) is 20.3 Å². The monoisotopic (exact) mass is 103 g/mol. The second kappa shape index (κ2) is 1.51. The van der Waals surface area contributed by atoms with Crippen molar-refractivity contribution in [1.29, 1.82) is 0 Å². The Balaban J connectivity index is 2.16. The quantitative estimate of drug-likeness (QED) is 0.439. The van der Waals surface area contributed by atoms with Gasteiger partial charge in [-0.1, -0.05) is 0 Å². The Bertz CT molecular complexity index is 61.8. The summed E-state index contributed by atoms with van der Waals surface area (Å²) in [4.78, 5) is 11.4. The molecule has 0 aromatic heterocycles. The van der Waals surface area contributed by atoms with Crippen LogP contribution in [0.3, 0.4) is 0 Å². The summed E-state index contributed by atoms with van der Waals surface area (Å²) >= 11 is 1.76. The lowest BCUT2D eigenvalue weighted by atomic mass is 10.9. The molecule has 0 bridgehead atoms. The van der Waals surface area contributed by atoms with E-state index in [1.54, 1.807) is 16.7 Å². The van der Waals surface area contributed by atoms with Gasteiger partial charge in [0.1, 0.15) is 0 Å². The molecule has 0 saturated carbocycles. The van der Waals surface area contributed by atoms with Crippen LogP contribution in [-0.2, 0) is 4.79 Å². The summed E-state index contributed by atoms with van der Waals surface area (Å²) in [5, 5.41) is 0. The van der Waals surface area contributed by atoms with Gasteiger partial charge in [-0.05, 0) is 0 Å². The number of hydrogen-bond donors (Lipinski definition) is 0. The SMILES string of the molecule is O=CN1CSC1. The highest BCUT2D eigenvalue weighted by Crippen LogP contribution is 2.14. The average molecular weight is 103 g/mol. The highest BCUT2D eigenvalue weighted by Gasteiger charge is 2.09. The molecule has 1 amide bonds. The zero-order valence-electron chi connectivity index (χ0n) is 3.26. The number of hydrogen-bond acceptors (Lipinski definition) is 2. The Morgan fingerprint density at radius 3 is 2.33 bits per heavy atom. The van der Waals surface area contributed by atoms with E-state index < -0.39 is 0 Å². The number of carbonyl (C=O) groups excluding carboxylic acids is 1. The second-order valence-corrected chi connectivity index (χ2v) is 2.08. The van der Waals surface area contributed by atoms with E-state index in [0.29, 0.717) is 0 Å². The Morgan fingerprint density at radius 1 is 1.67 bits per heavy atom. The molecule has 0 radical (unpaired) electrons. The second-order valence-electron chi connectivity index (χ2n) is 1.16. The minimum Gasteiger partial charge on any atom is -0.327 e. The molecule has 1 saturated heterocycles. The normalized spacial score (nSPS) is 19.7. The molecule has 2 nitrogen and oxygen atoms in total. The van der Waals surface area contributed by atoms with Crippen LogP contribution in [0.1, 0.15) is 0 Å². The fourth-order valence-corrected chi connectivity index (χ4v) is 0.773. The van der Waals surface area contributed by atoms with E-state index in [4.69, 9.17) is 0 Å². The summed E-state index contributed by atoms with van der Waals surface area (Å²) in [6.45, 7) is 0. The van der Waals surface area contributed by atoms with E-state index in [1.165, 1.54) is 0 Å². The first-order valence-electron chi connectivity index (χ1n) is 1.70. The van der Waals surface area contributed by atoms with E-state index in [1.807, 2.05) is 0 Å². The van der Waals surface area contributed by atoms with E-state index in [9.17, 15) is 4.79 Å². The predicted octanol–water partition coefficient (Wildman–Crippen LogP) is 0.107. The molecule has 0 unspecified atom stereocenters. The standard InChI is InChI=1S/C3H5NOS/c5-1-4-2-6-3-4/h1H,2-3H2. The van der Waals surface area contributed by atoms with Crippen LogP contribution < -0.4 is 0 Å². The lowest BCUT2D eigenvalue weighted by molar-refractivity contribution is -0.117. The first-order chi connectivity index (χ1) is 2.93. The van der Waals surface area contributed by atoms with Crippen LogP contribution in [-0.4, -0.2) is 23.1 Å². The van der Waals surface area contributed by atoms with Crippen LogP contribution >= 0.6 is 11.8 Å². The molecule has 34 valence electrons. The van der Waals surface area contributed by atoms with Crippen molar-refractivity contribution in [2.24, 2.45) is 0 Å². The third-order valence-electron chi connectivity index (χ3n) is 0.663. The minimum atomic E-state index is 0.872. The van der Waals surface area contributed by atoms with Crippen molar-refractivity contribution in [1.82, 2.24) is 4.90 Å². The predicted molar refractivity (Wildman–Crippen MR) is 25.2 cm³/mol. The van der Waals surface area contributed by atoms with Crippen LogP contribution in [0, 0.1) is 0 Å². The molecular formula is C3H5NOS. The molecule has 0 aromatic rings. The number of nitrogens with zero attached hydrogens (tertiary/aromatic N) is 1. The summed E-state index contributed by atoms with van der Waals surface area (Å²) in [6.07, 6.45) is 0.872. The van der Waals surface area contributed by atoms with Crippen molar-refractivity contribution in [3.8, 4) is 0 Å². The fourth-order valence-electron chi connectivity index (χ4n) is 0.258. The minimum absolute atomic E-state index is 0.872. The average Bonchev–Trinajstić information content (AvgIpc) is 1.31. The molecule has 0 aliphatic carbocycles. The van der Waals surface area contributed by atoms with Gasteiger partial charge in [-0.2, -0.15) is 0 Å². The fraction of sp³-hybridized carbons (Fsp3) is 0.667. The summed E-state index contributed by atoms with van der Waals surface area (Å²) in [5.74, 6) is 1.78. The van der Waals surface area contributed by atoms with Crippen molar-refractivity contribution in [3.05, 3.63) is 0 Å². The van der Waals surface area contributed by atoms with E-state index in [2.05, 4.69) is 0 Å². The van der Waals surface area contributed by atoms with Crippen LogP contribution in [0.2, 0.25) is 0 Å². The van der Waals surface area contributed by atoms with Crippen molar-refractivity contribution in [3.63, 3.8) is 0 Å². The first-order valence-corrected chi connectivity index (χ1v) is 2.86. The number of amides is 1. The Kier molecular flexibility index (Phi) is 1.01. The zero-order chi connectivity index (χ0) is 4.41. The van der Waals surface area contributed by atoms with Gasteiger partial charge in [0.05, 0.1) is 11.8 Å². The molecule has 0 spiro atoms. The van der Waals surface area contributed by atoms with Gasteiger partial charge >= 0.3 is 0 Å². The largest absolute Gasteiger partial charge is 0.327 e. The maximum Gasteiger partial charge on any atom is 0.211 e. The third-order valence-corrected chi connectivity index (χ3v) is 1.69. The molecule has 0 N–H and O–H groups in total. The van der Waals surface area contributed by atoms with Gasteiger partial charge in [0, 0.05) is 0 Å². The summed E-state index contributed by atoms with van der Waals surface area (Å²) < 4.78 is 0. The Labute approximate surface area is 40.5 Å². The molecule has 6 heavy (non-hydrogen) atoms. The van der Waals surface area contributed by atoms with Gasteiger partial charge in [0.2, 0.25) is 6.41 Å². The molecule has 1 rings (SSSR count). The summed E-state index contributed by atoms with van der Waals surface area (Å²) in [7, 11) is 0. The van der Waals surface area contributed by atoms with E-state index >= 15 is 0 Å². The van der Waals surface area contributed by atoms with Crippen LogP contribution in [0.4, 0.5) is 0 Å². The van der Waals surface area contributed by atoms with Crippen molar-refractivity contribution in [2.75, 3.05) is 11.8 Å². The lowest BCUT2D eigenvalue weighted by Crippen LogP contribution is -2.29. The lowest BCUT2D eigenvalue weighted by Gasteiger charge is -2.24. The van der Waals surface area contributed by atoms with Gasteiger partial charge in [0.15, 0.2) is 0 Å². The Hall–Kier alpha value is -0.180. The van der Waals surface area contributed by atoms with Gasteiger partial charge in [-0.3, -0.25) is 4.79 Å². The molecule has 0 aromatic carbocycles. The molecule has 0 atom stereocenters. The van der Waals surface area contributed by atoms with Crippen molar-refractivity contribution in [2.45, 2.75) is 0 Å². The number of carbonyl (C=O) groups is 1. The smallest absolute Gasteiger partial charge is 0.211 e. The van der Waals surface area contributed by atoms with E-state index in [-0.39, 0.29) is 0 Å². The molecule has 1 aliphatic rings. The molecular weight excluding hydrogens is 98.1 g/mol. The molecule has 1 fully saturated rings. The van der Waals surface area contributed by atoms with Gasteiger partial charge in [-0.15, -0.1) is 11.8 Å². The summed E-state index contributed by atoms with van der Waals surface area (Å²) in [6, 6.07) is 0. The molecule has 1 aliphatic heterocycles. The van der Waals surface area contributed by atoms with Crippen LogP contribution in [0.15, 0.2) is 0 Å². The van der Waals surface area contributed by atoms with Crippen molar-refractivity contribution < 1.29 is 4.79 Å². The maximum atomic E-state index is 9.70. The summed E-state index contributed by atoms with van der Waals surface area (Å²) in [5.41, 5.74) is 0. The number of thioether (sulfide) groups is 1. The highest BCUT2D eigenvalue weighted by atomic mass is 32.2. The van der Waals surface area contributed by atoms with Crippen molar-refractivity contribution >= 4 is 18.2 Å². The first kappa shape index (κ1) is 3.99. The number of rotatable bonds is 1. The van der Waals surface area contributed by atoms with Gasteiger partial charge in [-0.25, -0.2) is 0 Å². The maximum absolute atomic E-state index is 9.70. The van der Waals surface area contributed by atoms with Crippen LogP contribution in [0.25, 0.3) is 0 Å². The Morgan fingerprint density at radius 2 is 2.33 bits per heavy atom. The zero-order valence-corrected chi connectivity index (χ0v) is 4.07. The van der Waals surface area contributed by atoms with Crippen LogP contribution in [0.5, 0.6) is 0 Å². The van der Waals surface area contributed by atoms with Gasteiger partial charge in [0.25, 0.3) is 0 Å². The highest BCUT2D eigenvalue weighted by molar-refractivity contribution is 8.00. The van der Waals surface area contributed by atoms with E-state index in [0.717, 1.165) is 18.2 Å². The molecule has 1 heterocycles. The van der Waals surface area contributed by atoms with Gasteiger partial charge < -0.3 is 4.90 Å². The third kappa shape index (κ3) is 0.497.